The number of pyridine rings is 1. The quantitative estimate of drug-likeness (QED) is 0.474. The van der Waals surface area contributed by atoms with Gasteiger partial charge in [-0.25, -0.2) is 0 Å². The molecule has 0 radical (unpaired) electrons. The van der Waals surface area contributed by atoms with E-state index >= 15 is 0 Å². The number of rotatable bonds is 5. The Morgan fingerprint density at radius 2 is 1.30 bits per heavy atom. The number of anilines is 1. The molecule has 6 heteroatoms. The third-order valence-corrected chi connectivity index (χ3v) is 6.01. The third kappa shape index (κ3) is 4.60. The summed E-state index contributed by atoms with van der Waals surface area (Å²) in [5.41, 5.74) is 3.60. The molecule has 1 amide bonds. The van der Waals surface area contributed by atoms with Crippen LogP contribution in [0.25, 0.3) is 11.4 Å². The standard InChI is InChI=1S/C27H25N5O/c33-27(26(21-9-3-1-4-10-21)22-11-5-2-6-12-22)32-19-17-31(18-20-32)25-15-14-24(29-30-25)23-13-7-8-16-28-23/h1-16,26H,17-20H2. The fourth-order valence-electron chi connectivity index (χ4n) is 4.25. The lowest BCUT2D eigenvalue weighted by molar-refractivity contribution is -0.132. The number of benzene rings is 2. The van der Waals surface area contributed by atoms with Crippen LogP contribution in [-0.4, -0.2) is 52.2 Å². The average Bonchev–Trinajstić information content (AvgIpc) is 2.91. The topological polar surface area (TPSA) is 62.2 Å². The van der Waals surface area contributed by atoms with Crippen molar-refractivity contribution in [3.63, 3.8) is 0 Å². The lowest BCUT2D eigenvalue weighted by Crippen LogP contribution is -2.50. The van der Waals surface area contributed by atoms with Gasteiger partial charge in [-0.15, -0.1) is 10.2 Å². The minimum atomic E-state index is -0.295. The number of piperazine rings is 1. The van der Waals surface area contributed by atoms with E-state index in [0.29, 0.717) is 13.1 Å². The molecule has 6 nitrogen and oxygen atoms in total. The molecule has 0 N–H and O–H groups in total. The second-order valence-corrected chi connectivity index (χ2v) is 8.06. The van der Waals surface area contributed by atoms with Crippen LogP contribution in [0.15, 0.2) is 97.2 Å². The summed E-state index contributed by atoms with van der Waals surface area (Å²) in [6.07, 6.45) is 1.75. The van der Waals surface area contributed by atoms with Gasteiger partial charge in [-0.3, -0.25) is 9.78 Å². The molecule has 4 aromatic rings. The molecule has 1 saturated heterocycles. The summed E-state index contributed by atoms with van der Waals surface area (Å²) in [5.74, 6) is 0.671. The number of carbonyl (C=O) groups is 1. The van der Waals surface area contributed by atoms with Crippen molar-refractivity contribution in [2.45, 2.75) is 5.92 Å². The van der Waals surface area contributed by atoms with Crippen molar-refractivity contribution in [1.29, 1.82) is 0 Å². The van der Waals surface area contributed by atoms with E-state index in [1.807, 2.05) is 95.9 Å². The van der Waals surface area contributed by atoms with Gasteiger partial charge in [-0.05, 0) is 35.4 Å². The van der Waals surface area contributed by atoms with Crippen LogP contribution in [-0.2, 0) is 4.79 Å². The molecule has 33 heavy (non-hydrogen) atoms. The molecule has 0 unspecified atom stereocenters. The second-order valence-electron chi connectivity index (χ2n) is 8.06. The van der Waals surface area contributed by atoms with Crippen LogP contribution in [0.2, 0.25) is 0 Å². The van der Waals surface area contributed by atoms with Gasteiger partial charge in [0.15, 0.2) is 5.82 Å². The minimum Gasteiger partial charge on any atom is -0.352 e. The van der Waals surface area contributed by atoms with Crippen LogP contribution in [0, 0.1) is 0 Å². The molecule has 3 heterocycles. The van der Waals surface area contributed by atoms with Crippen molar-refractivity contribution in [1.82, 2.24) is 20.1 Å². The Labute approximate surface area is 193 Å². The predicted octanol–water partition coefficient (Wildman–Crippen LogP) is 4.02. The summed E-state index contributed by atoms with van der Waals surface area (Å²) in [5, 5.41) is 8.76. The zero-order valence-electron chi connectivity index (χ0n) is 18.3. The van der Waals surface area contributed by atoms with Gasteiger partial charge >= 0.3 is 0 Å². The van der Waals surface area contributed by atoms with E-state index in [2.05, 4.69) is 20.1 Å². The SMILES string of the molecule is O=C(C(c1ccccc1)c1ccccc1)N1CCN(c2ccc(-c3ccccn3)nn2)CC1. The fraction of sp³-hybridized carbons (Fsp3) is 0.185. The number of carbonyl (C=O) groups excluding carboxylic acids is 1. The Bertz CT molecular complexity index is 1140. The van der Waals surface area contributed by atoms with Crippen LogP contribution in [0.4, 0.5) is 5.82 Å². The Balaban J connectivity index is 1.28. The van der Waals surface area contributed by atoms with E-state index in [4.69, 9.17) is 0 Å². The van der Waals surface area contributed by atoms with E-state index in [1.165, 1.54) is 0 Å². The fourth-order valence-corrected chi connectivity index (χ4v) is 4.25. The van der Waals surface area contributed by atoms with E-state index in [0.717, 1.165) is 41.4 Å². The first-order chi connectivity index (χ1) is 16.3. The second kappa shape index (κ2) is 9.61. The maximum absolute atomic E-state index is 13.6. The monoisotopic (exact) mass is 435 g/mol. The maximum Gasteiger partial charge on any atom is 0.234 e. The normalized spacial score (nSPS) is 13.8. The molecular formula is C27H25N5O. The van der Waals surface area contributed by atoms with Crippen molar-refractivity contribution in [2.75, 3.05) is 31.1 Å². The molecule has 2 aromatic heterocycles. The van der Waals surface area contributed by atoms with Crippen LogP contribution < -0.4 is 4.90 Å². The first-order valence-corrected chi connectivity index (χ1v) is 11.2. The molecule has 164 valence electrons. The highest BCUT2D eigenvalue weighted by Crippen LogP contribution is 2.28. The highest BCUT2D eigenvalue weighted by atomic mass is 16.2. The van der Waals surface area contributed by atoms with Gasteiger partial charge in [0.25, 0.3) is 0 Å². The number of aromatic nitrogens is 3. The largest absolute Gasteiger partial charge is 0.352 e. The van der Waals surface area contributed by atoms with Crippen LogP contribution >= 0.6 is 0 Å². The summed E-state index contributed by atoms with van der Waals surface area (Å²) < 4.78 is 0. The van der Waals surface area contributed by atoms with Crippen molar-refractivity contribution in [3.8, 4) is 11.4 Å². The van der Waals surface area contributed by atoms with Gasteiger partial charge in [0.2, 0.25) is 5.91 Å². The molecule has 1 aliphatic heterocycles. The lowest BCUT2D eigenvalue weighted by atomic mass is 9.90. The molecule has 1 aliphatic rings. The molecule has 0 bridgehead atoms. The zero-order chi connectivity index (χ0) is 22.5. The van der Waals surface area contributed by atoms with Gasteiger partial charge in [0, 0.05) is 32.4 Å². The smallest absolute Gasteiger partial charge is 0.234 e. The Morgan fingerprint density at radius 3 is 1.85 bits per heavy atom. The highest BCUT2D eigenvalue weighted by molar-refractivity contribution is 5.87. The Morgan fingerprint density at radius 1 is 0.667 bits per heavy atom. The first kappa shape index (κ1) is 20.8. The number of amides is 1. The van der Waals surface area contributed by atoms with Crippen molar-refractivity contribution >= 4 is 11.7 Å². The van der Waals surface area contributed by atoms with Crippen LogP contribution in [0.1, 0.15) is 17.0 Å². The summed E-state index contributed by atoms with van der Waals surface area (Å²) >= 11 is 0. The van der Waals surface area contributed by atoms with Gasteiger partial charge in [0.05, 0.1) is 11.6 Å². The summed E-state index contributed by atoms with van der Waals surface area (Å²) in [6, 6.07) is 29.7. The van der Waals surface area contributed by atoms with Crippen LogP contribution in [0.5, 0.6) is 0 Å². The minimum absolute atomic E-state index is 0.142. The molecule has 1 fully saturated rings. The van der Waals surface area contributed by atoms with Gasteiger partial charge < -0.3 is 9.80 Å². The van der Waals surface area contributed by atoms with Crippen molar-refractivity contribution < 1.29 is 4.79 Å². The van der Waals surface area contributed by atoms with Crippen molar-refractivity contribution in [3.05, 3.63) is 108 Å². The van der Waals surface area contributed by atoms with E-state index < -0.39 is 0 Å². The molecule has 5 rings (SSSR count). The molecular weight excluding hydrogens is 410 g/mol. The molecule has 0 atom stereocenters. The van der Waals surface area contributed by atoms with Gasteiger partial charge in [0.1, 0.15) is 5.69 Å². The van der Waals surface area contributed by atoms with E-state index in [9.17, 15) is 4.79 Å². The molecule has 0 spiro atoms. The van der Waals surface area contributed by atoms with E-state index in [1.54, 1.807) is 6.20 Å². The molecule has 0 saturated carbocycles. The highest BCUT2D eigenvalue weighted by Gasteiger charge is 2.30. The number of hydrogen-bond acceptors (Lipinski definition) is 5. The Kier molecular flexibility index (Phi) is 6.06. The zero-order valence-corrected chi connectivity index (χ0v) is 18.3. The predicted molar refractivity (Wildman–Crippen MR) is 129 cm³/mol. The van der Waals surface area contributed by atoms with E-state index in [-0.39, 0.29) is 11.8 Å². The number of nitrogens with zero attached hydrogens (tertiary/aromatic N) is 5. The average molecular weight is 436 g/mol. The third-order valence-electron chi connectivity index (χ3n) is 6.01. The molecule has 0 aliphatic carbocycles. The molecule has 2 aromatic carbocycles. The first-order valence-electron chi connectivity index (χ1n) is 11.2. The van der Waals surface area contributed by atoms with Crippen LogP contribution in [0.3, 0.4) is 0 Å². The van der Waals surface area contributed by atoms with Gasteiger partial charge in [-0.1, -0.05) is 66.7 Å². The summed E-state index contributed by atoms with van der Waals surface area (Å²) in [7, 11) is 0. The maximum atomic E-state index is 13.6. The Hall–Kier alpha value is -4.06. The summed E-state index contributed by atoms with van der Waals surface area (Å²) in [4.78, 5) is 22.1. The van der Waals surface area contributed by atoms with Crippen molar-refractivity contribution in [2.24, 2.45) is 0 Å². The summed E-state index contributed by atoms with van der Waals surface area (Å²) in [6.45, 7) is 2.75. The number of hydrogen-bond donors (Lipinski definition) is 0. The lowest BCUT2D eigenvalue weighted by Gasteiger charge is -2.37. The van der Waals surface area contributed by atoms with Gasteiger partial charge in [-0.2, -0.15) is 0 Å².